The fourth-order valence-electron chi connectivity index (χ4n) is 4.80. The third-order valence-electron chi connectivity index (χ3n) is 7.05. The van der Waals surface area contributed by atoms with Crippen LogP contribution in [0.25, 0.3) is 0 Å². The van der Waals surface area contributed by atoms with E-state index in [4.69, 9.17) is 4.74 Å². The first kappa shape index (κ1) is 30.4. The standard InChI is InChI=1S/C31H36FN3O5S/c1-41(38,39)34(21-25-11-6-3-7-12-25)23-30(36)35(22-26-14-16-27(32)17-15-26)29(19-24-9-4-2-5-10-24)31(37)33-20-28-13-8-18-40-28/h2-7,9-12,14-17,28-29H,8,13,18-23H2,1H3,(H,33,37)/t28-,29+/m0/s1. The zero-order valence-corrected chi connectivity index (χ0v) is 23.9. The van der Waals surface area contributed by atoms with E-state index in [0.29, 0.717) is 18.7 Å². The Balaban J connectivity index is 1.65. The minimum atomic E-state index is -3.78. The number of carbonyl (C=O) groups excluding carboxylic acids is 2. The van der Waals surface area contributed by atoms with Crippen LogP contribution in [-0.2, 0) is 43.9 Å². The van der Waals surface area contributed by atoms with E-state index in [9.17, 15) is 22.4 Å². The summed E-state index contributed by atoms with van der Waals surface area (Å²) in [5, 5.41) is 2.95. The first-order valence-corrected chi connectivity index (χ1v) is 15.5. The average Bonchev–Trinajstić information content (AvgIpc) is 3.49. The highest BCUT2D eigenvalue weighted by atomic mass is 32.2. The third kappa shape index (κ3) is 9.21. The molecular formula is C31H36FN3O5S. The van der Waals surface area contributed by atoms with E-state index >= 15 is 0 Å². The number of sulfonamides is 1. The summed E-state index contributed by atoms with van der Waals surface area (Å²) in [5.41, 5.74) is 2.18. The van der Waals surface area contributed by atoms with Crippen LogP contribution < -0.4 is 5.32 Å². The summed E-state index contributed by atoms with van der Waals surface area (Å²) in [6, 6.07) is 23.1. The van der Waals surface area contributed by atoms with Crippen molar-refractivity contribution in [3.05, 3.63) is 107 Å². The fraction of sp³-hybridized carbons (Fsp3) is 0.355. The highest BCUT2D eigenvalue weighted by Gasteiger charge is 2.33. The SMILES string of the molecule is CS(=O)(=O)N(CC(=O)N(Cc1ccc(F)cc1)[C@H](Cc1ccccc1)C(=O)NC[C@@H]1CCCO1)Cc1ccccc1. The van der Waals surface area contributed by atoms with Crippen LogP contribution in [0.4, 0.5) is 4.39 Å². The molecule has 0 unspecified atom stereocenters. The Morgan fingerprint density at radius 2 is 1.54 bits per heavy atom. The monoisotopic (exact) mass is 581 g/mol. The molecule has 1 N–H and O–H groups in total. The predicted molar refractivity (Wildman–Crippen MR) is 155 cm³/mol. The van der Waals surface area contributed by atoms with Gasteiger partial charge in [-0.1, -0.05) is 72.8 Å². The Hall–Kier alpha value is -3.60. The Morgan fingerprint density at radius 1 is 0.927 bits per heavy atom. The molecule has 0 radical (unpaired) electrons. The van der Waals surface area contributed by atoms with Gasteiger partial charge in [0, 0.05) is 32.7 Å². The summed E-state index contributed by atoms with van der Waals surface area (Å²) in [5.74, 6) is -1.33. The van der Waals surface area contributed by atoms with Crippen LogP contribution in [0.3, 0.4) is 0 Å². The van der Waals surface area contributed by atoms with E-state index in [1.165, 1.54) is 17.0 Å². The number of amides is 2. The van der Waals surface area contributed by atoms with Crippen molar-refractivity contribution in [2.75, 3.05) is 26.0 Å². The van der Waals surface area contributed by atoms with Crippen LogP contribution in [0, 0.1) is 5.82 Å². The molecule has 1 aliphatic rings. The maximum atomic E-state index is 14.0. The number of benzene rings is 3. The molecule has 1 fully saturated rings. The smallest absolute Gasteiger partial charge is 0.243 e. The highest BCUT2D eigenvalue weighted by Crippen LogP contribution is 2.18. The third-order valence-corrected chi connectivity index (χ3v) is 8.24. The summed E-state index contributed by atoms with van der Waals surface area (Å²) in [6.07, 6.45) is 2.94. The van der Waals surface area contributed by atoms with Crippen LogP contribution in [0.2, 0.25) is 0 Å². The van der Waals surface area contributed by atoms with E-state index in [0.717, 1.165) is 34.5 Å². The van der Waals surface area contributed by atoms with Crippen LogP contribution in [0.1, 0.15) is 29.5 Å². The van der Waals surface area contributed by atoms with Crippen molar-refractivity contribution in [2.24, 2.45) is 0 Å². The molecule has 10 heteroatoms. The van der Waals surface area contributed by atoms with E-state index in [-0.39, 0.29) is 31.5 Å². The van der Waals surface area contributed by atoms with Gasteiger partial charge < -0.3 is 15.0 Å². The number of nitrogens with one attached hydrogen (secondary N) is 1. The summed E-state index contributed by atoms with van der Waals surface area (Å²) >= 11 is 0. The van der Waals surface area contributed by atoms with Crippen LogP contribution in [-0.4, -0.2) is 67.5 Å². The molecule has 218 valence electrons. The molecule has 2 atom stereocenters. The fourth-order valence-corrected chi connectivity index (χ4v) is 5.53. The summed E-state index contributed by atoms with van der Waals surface area (Å²) < 4.78 is 46.0. The Kier molecular flexibility index (Phi) is 10.6. The molecule has 3 aromatic rings. The lowest BCUT2D eigenvalue weighted by Crippen LogP contribution is -2.54. The van der Waals surface area contributed by atoms with E-state index in [1.54, 1.807) is 36.4 Å². The molecular weight excluding hydrogens is 545 g/mol. The molecule has 1 saturated heterocycles. The summed E-state index contributed by atoms with van der Waals surface area (Å²) in [7, 11) is -3.78. The minimum absolute atomic E-state index is 0.00433. The largest absolute Gasteiger partial charge is 0.376 e. The topological polar surface area (TPSA) is 96.0 Å². The van der Waals surface area contributed by atoms with Gasteiger partial charge in [-0.25, -0.2) is 12.8 Å². The van der Waals surface area contributed by atoms with Gasteiger partial charge in [0.25, 0.3) is 0 Å². The molecule has 0 saturated carbocycles. The van der Waals surface area contributed by atoms with E-state index in [2.05, 4.69) is 5.32 Å². The predicted octanol–water partition coefficient (Wildman–Crippen LogP) is 3.52. The maximum Gasteiger partial charge on any atom is 0.243 e. The first-order chi connectivity index (χ1) is 19.7. The van der Waals surface area contributed by atoms with Gasteiger partial charge >= 0.3 is 0 Å². The Bertz CT molecular complexity index is 1380. The zero-order valence-electron chi connectivity index (χ0n) is 23.1. The molecule has 0 aromatic heterocycles. The van der Waals surface area contributed by atoms with E-state index < -0.39 is 34.3 Å². The van der Waals surface area contributed by atoms with Gasteiger partial charge in [0.2, 0.25) is 21.8 Å². The number of hydrogen-bond acceptors (Lipinski definition) is 5. The number of carbonyl (C=O) groups is 2. The molecule has 4 rings (SSSR count). The molecule has 1 heterocycles. The van der Waals surface area contributed by atoms with Gasteiger partial charge in [-0.3, -0.25) is 9.59 Å². The van der Waals surface area contributed by atoms with Crippen molar-refractivity contribution in [2.45, 2.75) is 44.5 Å². The van der Waals surface area contributed by atoms with E-state index in [1.807, 2.05) is 36.4 Å². The molecule has 3 aromatic carbocycles. The van der Waals surface area contributed by atoms with Crippen LogP contribution in [0.15, 0.2) is 84.9 Å². The van der Waals surface area contributed by atoms with Gasteiger partial charge in [-0.05, 0) is 41.7 Å². The second-order valence-corrected chi connectivity index (χ2v) is 12.2. The Labute approximate surface area is 241 Å². The maximum absolute atomic E-state index is 14.0. The van der Waals surface area contributed by atoms with Crippen molar-refractivity contribution in [1.29, 1.82) is 0 Å². The second-order valence-electron chi connectivity index (χ2n) is 10.3. The zero-order chi connectivity index (χ0) is 29.2. The number of halogens is 1. The molecule has 0 bridgehead atoms. The highest BCUT2D eigenvalue weighted by molar-refractivity contribution is 7.88. The average molecular weight is 582 g/mol. The quantitative estimate of drug-likeness (QED) is 0.333. The van der Waals surface area contributed by atoms with Gasteiger partial charge in [0.15, 0.2) is 0 Å². The molecule has 0 spiro atoms. The second kappa shape index (κ2) is 14.3. The summed E-state index contributed by atoms with van der Waals surface area (Å²) in [4.78, 5) is 29.1. The van der Waals surface area contributed by atoms with Gasteiger partial charge in [0.1, 0.15) is 11.9 Å². The molecule has 2 amide bonds. The molecule has 1 aliphatic heterocycles. The van der Waals surface area contributed by atoms with Crippen LogP contribution >= 0.6 is 0 Å². The molecule has 8 nitrogen and oxygen atoms in total. The minimum Gasteiger partial charge on any atom is -0.376 e. The van der Waals surface area contributed by atoms with Crippen LogP contribution in [0.5, 0.6) is 0 Å². The normalized spacial score (nSPS) is 15.9. The number of rotatable bonds is 13. The lowest BCUT2D eigenvalue weighted by molar-refractivity contribution is -0.141. The van der Waals surface area contributed by atoms with Gasteiger partial charge in [-0.2, -0.15) is 4.31 Å². The van der Waals surface area contributed by atoms with Gasteiger partial charge in [0.05, 0.1) is 18.9 Å². The first-order valence-electron chi connectivity index (χ1n) is 13.7. The number of hydrogen-bond donors (Lipinski definition) is 1. The lowest BCUT2D eigenvalue weighted by Gasteiger charge is -2.33. The Morgan fingerprint density at radius 3 is 2.12 bits per heavy atom. The van der Waals surface area contributed by atoms with Crippen molar-refractivity contribution < 1.29 is 27.1 Å². The molecule has 41 heavy (non-hydrogen) atoms. The number of ether oxygens (including phenoxy) is 1. The van der Waals surface area contributed by atoms with Gasteiger partial charge in [-0.15, -0.1) is 0 Å². The van der Waals surface area contributed by atoms with Crippen molar-refractivity contribution >= 4 is 21.8 Å². The lowest BCUT2D eigenvalue weighted by atomic mass is 10.0. The van der Waals surface area contributed by atoms with Crippen molar-refractivity contribution in [1.82, 2.24) is 14.5 Å². The number of nitrogens with zero attached hydrogens (tertiary/aromatic N) is 2. The molecule has 0 aliphatic carbocycles. The van der Waals surface area contributed by atoms with Crippen molar-refractivity contribution in [3.8, 4) is 0 Å². The van der Waals surface area contributed by atoms with Crippen molar-refractivity contribution in [3.63, 3.8) is 0 Å². The summed E-state index contributed by atoms with van der Waals surface area (Å²) in [6.45, 7) is 0.495.